The van der Waals surface area contributed by atoms with Crippen LogP contribution in [0, 0.1) is 12.7 Å². The van der Waals surface area contributed by atoms with E-state index in [9.17, 15) is 9.18 Å². The average Bonchev–Trinajstić information content (AvgIpc) is 3.28. The molecule has 3 aromatic heterocycles. The zero-order valence-electron chi connectivity index (χ0n) is 17.6. The molecule has 1 aliphatic carbocycles. The van der Waals surface area contributed by atoms with Crippen LogP contribution in [0.15, 0.2) is 61.2 Å². The zero-order valence-corrected chi connectivity index (χ0v) is 17.6. The van der Waals surface area contributed by atoms with Crippen LogP contribution in [-0.2, 0) is 6.54 Å². The van der Waals surface area contributed by atoms with Crippen molar-refractivity contribution in [3.63, 3.8) is 0 Å². The molecule has 1 aromatic carbocycles. The quantitative estimate of drug-likeness (QED) is 0.449. The smallest absolute Gasteiger partial charge is 0.256 e. The van der Waals surface area contributed by atoms with Crippen molar-refractivity contribution in [3.8, 4) is 17.1 Å². The van der Waals surface area contributed by atoms with Crippen molar-refractivity contribution >= 4 is 5.91 Å². The van der Waals surface area contributed by atoms with Gasteiger partial charge in [-0.05, 0) is 50.1 Å². The van der Waals surface area contributed by atoms with Crippen LogP contribution in [0.2, 0.25) is 0 Å². The second-order valence-corrected chi connectivity index (χ2v) is 7.89. The van der Waals surface area contributed by atoms with Crippen molar-refractivity contribution in [2.45, 2.75) is 32.4 Å². The lowest BCUT2D eigenvalue weighted by Crippen LogP contribution is -2.36. The lowest BCUT2D eigenvalue weighted by molar-refractivity contribution is 0.0735. The monoisotopic (exact) mass is 431 g/mol. The van der Waals surface area contributed by atoms with Gasteiger partial charge < -0.3 is 4.90 Å². The lowest BCUT2D eigenvalue weighted by atomic mass is 10.1. The van der Waals surface area contributed by atoms with Gasteiger partial charge in [0.2, 0.25) is 0 Å². The van der Waals surface area contributed by atoms with E-state index in [0.29, 0.717) is 35.7 Å². The maximum atomic E-state index is 13.6. The molecular formula is C23H22FN7O. The van der Waals surface area contributed by atoms with Crippen LogP contribution >= 0.6 is 0 Å². The van der Waals surface area contributed by atoms with Crippen molar-refractivity contribution in [2.24, 2.45) is 0 Å². The van der Waals surface area contributed by atoms with E-state index in [1.807, 2.05) is 42.3 Å². The van der Waals surface area contributed by atoms with Crippen molar-refractivity contribution in [2.75, 3.05) is 6.54 Å². The van der Waals surface area contributed by atoms with E-state index in [4.69, 9.17) is 0 Å². The van der Waals surface area contributed by atoms with Crippen molar-refractivity contribution in [1.29, 1.82) is 0 Å². The average molecular weight is 431 g/mol. The summed E-state index contributed by atoms with van der Waals surface area (Å²) in [5.74, 6) is -0.413. The number of carbonyl (C=O) groups is 1. The van der Waals surface area contributed by atoms with Gasteiger partial charge in [-0.2, -0.15) is 20.1 Å². The molecule has 8 nitrogen and oxygen atoms in total. The third-order valence-corrected chi connectivity index (χ3v) is 5.47. The Hall–Kier alpha value is -3.88. The van der Waals surface area contributed by atoms with E-state index in [1.165, 1.54) is 17.1 Å². The second-order valence-electron chi connectivity index (χ2n) is 7.89. The van der Waals surface area contributed by atoms with E-state index >= 15 is 0 Å². The van der Waals surface area contributed by atoms with Crippen molar-refractivity contribution in [1.82, 2.24) is 34.7 Å². The summed E-state index contributed by atoms with van der Waals surface area (Å²) in [7, 11) is 0. The number of carbonyl (C=O) groups excluding carboxylic acids is 1. The molecule has 0 bridgehead atoms. The fourth-order valence-corrected chi connectivity index (χ4v) is 3.69. The van der Waals surface area contributed by atoms with Crippen LogP contribution in [0.4, 0.5) is 4.39 Å². The summed E-state index contributed by atoms with van der Waals surface area (Å²) in [6.45, 7) is 3.04. The first-order chi connectivity index (χ1) is 15.6. The Balaban J connectivity index is 1.35. The molecule has 1 amide bonds. The maximum Gasteiger partial charge on any atom is 0.256 e. The molecule has 0 spiro atoms. The summed E-state index contributed by atoms with van der Waals surface area (Å²) in [4.78, 5) is 21.0. The van der Waals surface area contributed by atoms with Crippen LogP contribution < -0.4 is 0 Å². The lowest BCUT2D eigenvalue weighted by Gasteiger charge is -2.24. The van der Waals surface area contributed by atoms with Gasteiger partial charge in [-0.25, -0.2) is 4.39 Å². The number of benzene rings is 1. The predicted molar refractivity (Wildman–Crippen MR) is 116 cm³/mol. The molecule has 1 aliphatic rings. The number of hydrogen-bond acceptors (Lipinski definition) is 5. The molecule has 0 aliphatic heterocycles. The Kier molecular flexibility index (Phi) is 5.22. The minimum absolute atomic E-state index is 0.0314. The Morgan fingerprint density at radius 3 is 2.66 bits per heavy atom. The van der Waals surface area contributed by atoms with Crippen LogP contribution in [0.5, 0.6) is 0 Å². The van der Waals surface area contributed by atoms with Gasteiger partial charge >= 0.3 is 0 Å². The SMILES string of the molecule is Cc1ccc(-n2nccn2)c(C(=O)N(CCn2ccc(-c3ccc(F)cn3)n2)C2CC2)c1. The van der Waals surface area contributed by atoms with Gasteiger partial charge in [-0.15, -0.1) is 0 Å². The Morgan fingerprint density at radius 1 is 1.12 bits per heavy atom. The van der Waals surface area contributed by atoms with Gasteiger partial charge in [-0.3, -0.25) is 14.5 Å². The molecule has 0 atom stereocenters. The number of pyridine rings is 1. The molecule has 9 heteroatoms. The third-order valence-electron chi connectivity index (χ3n) is 5.47. The number of rotatable bonds is 7. The minimum Gasteiger partial charge on any atom is -0.334 e. The molecule has 0 unspecified atom stereocenters. The van der Waals surface area contributed by atoms with Gasteiger partial charge in [0.05, 0.1) is 42.1 Å². The fraction of sp³-hybridized carbons (Fsp3) is 0.261. The van der Waals surface area contributed by atoms with Gasteiger partial charge in [0, 0.05) is 18.8 Å². The molecule has 4 aromatic rings. The molecule has 0 N–H and O–H groups in total. The Bertz CT molecular complexity index is 1230. The Morgan fingerprint density at radius 2 is 1.94 bits per heavy atom. The van der Waals surface area contributed by atoms with Gasteiger partial charge in [-0.1, -0.05) is 11.6 Å². The first-order valence-corrected chi connectivity index (χ1v) is 10.5. The first kappa shape index (κ1) is 20.0. The number of aromatic nitrogens is 6. The summed E-state index contributed by atoms with van der Waals surface area (Å²) in [6, 6.07) is 10.8. The maximum absolute atomic E-state index is 13.6. The molecule has 1 fully saturated rings. The standard InChI is InChI=1S/C23H22FN7O/c1-16-2-7-22(31-26-9-10-27-31)19(14-16)23(32)30(18-4-5-18)13-12-29-11-8-21(28-29)20-6-3-17(24)15-25-20/h2-3,6-11,14-15,18H,4-5,12-13H2,1H3. The molecule has 162 valence electrons. The number of nitrogens with zero attached hydrogens (tertiary/aromatic N) is 7. The molecule has 1 saturated carbocycles. The first-order valence-electron chi connectivity index (χ1n) is 10.5. The third kappa shape index (κ3) is 4.14. The van der Waals surface area contributed by atoms with Gasteiger partial charge in [0.25, 0.3) is 5.91 Å². The topological polar surface area (TPSA) is 81.7 Å². The molecule has 5 rings (SSSR count). The highest BCUT2D eigenvalue weighted by Crippen LogP contribution is 2.29. The number of aryl methyl sites for hydroxylation is 1. The van der Waals surface area contributed by atoms with E-state index in [0.717, 1.165) is 18.4 Å². The van der Waals surface area contributed by atoms with E-state index in [-0.39, 0.29) is 17.8 Å². The Labute approximate surface area is 184 Å². The molecular weight excluding hydrogens is 409 g/mol. The zero-order chi connectivity index (χ0) is 22.1. The number of halogens is 1. The highest BCUT2D eigenvalue weighted by Gasteiger charge is 2.34. The van der Waals surface area contributed by atoms with E-state index in [1.54, 1.807) is 23.1 Å². The molecule has 32 heavy (non-hydrogen) atoms. The molecule has 0 radical (unpaired) electrons. The normalized spacial score (nSPS) is 13.3. The summed E-state index contributed by atoms with van der Waals surface area (Å²) < 4.78 is 14.9. The highest BCUT2D eigenvalue weighted by atomic mass is 19.1. The van der Waals surface area contributed by atoms with Crippen molar-refractivity contribution in [3.05, 3.63) is 78.1 Å². The van der Waals surface area contributed by atoms with Crippen LogP contribution in [0.3, 0.4) is 0 Å². The number of hydrogen-bond donors (Lipinski definition) is 0. The largest absolute Gasteiger partial charge is 0.334 e. The molecule has 0 saturated heterocycles. The van der Waals surface area contributed by atoms with Gasteiger partial charge in [0.1, 0.15) is 11.5 Å². The van der Waals surface area contributed by atoms with Gasteiger partial charge in [0.15, 0.2) is 0 Å². The van der Waals surface area contributed by atoms with Crippen LogP contribution in [-0.4, -0.2) is 53.2 Å². The summed E-state index contributed by atoms with van der Waals surface area (Å²) in [5.41, 5.74) is 3.53. The predicted octanol–water partition coefficient (Wildman–Crippen LogP) is 3.28. The van der Waals surface area contributed by atoms with Crippen LogP contribution in [0.1, 0.15) is 28.8 Å². The highest BCUT2D eigenvalue weighted by molar-refractivity contribution is 5.98. The number of amides is 1. The van der Waals surface area contributed by atoms with Crippen molar-refractivity contribution < 1.29 is 9.18 Å². The van der Waals surface area contributed by atoms with Crippen LogP contribution in [0.25, 0.3) is 17.1 Å². The minimum atomic E-state index is -0.382. The van der Waals surface area contributed by atoms with E-state index < -0.39 is 0 Å². The molecule has 3 heterocycles. The summed E-state index contributed by atoms with van der Waals surface area (Å²) in [6.07, 6.45) is 8.21. The second kappa shape index (κ2) is 8.33. The van der Waals surface area contributed by atoms with E-state index in [2.05, 4.69) is 20.3 Å². The fourth-order valence-electron chi connectivity index (χ4n) is 3.69. The summed E-state index contributed by atoms with van der Waals surface area (Å²) >= 11 is 0. The summed E-state index contributed by atoms with van der Waals surface area (Å²) in [5, 5.41) is 12.9.